The lowest BCUT2D eigenvalue weighted by molar-refractivity contribution is -0.136. The van der Waals surface area contributed by atoms with Crippen molar-refractivity contribution in [3.05, 3.63) is 29.8 Å². The number of nitrogens with zero attached hydrogens (tertiary/aromatic N) is 2. The second kappa shape index (κ2) is 8.99. The van der Waals surface area contributed by atoms with Crippen LogP contribution in [0.3, 0.4) is 0 Å². The Kier molecular flexibility index (Phi) is 7.42. The van der Waals surface area contributed by atoms with Crippen LogP contribution in [0, 0.1) is 5.41 Å². The molecule has 2 heterocycles. The van der Waals surface area contributed by atoms with E-state index in [2.05, 4.69) is 22.2 Å². The molecule has 3 fully saturated rings. The first kappa shape index (κ1) is 22.3. The molecule has 2 aliphatic heterocycles. The Morgan fingerprint density at radius 3 is 2.63 bits per heavy atom. The van der Waals surface area contributed by atoms with Crippen molar-refractivity contribution in [2.24, 2.45) is 5.41 Å². The van der Waals surface area contributed by atoms with E-state index in [1.807, 2.05) is 12.1 Å². The lowest BCUT2D eigenvalue weighted by Crippen LogP contribution is -2.45. The summed E-state index contributed by atoms with van der Waals surface area (Å²) in [5, 5.41) is 13.2. The molecule has 152 valence electrons. The molecule has 2 N–H and O–H groups in total. The third-order valence-corrected chi connectivity index (χ3v) is 6.23. The number of rotatable bonds is 4. The monoisotopic (exact) mass is 415 g/mol. The van der Waals surface area contributed by atoms with Crippen molar-refractivity contribution in [2.45, 2.75) is 50.7 Å². The molecule has 0 bridgehead atoms. The van der Waals surface area contributed by atoms with E-state index in [1.54, 1.807) is 12.1 Å². The summed E-state index contributed by atoms with van der Waals surface area (Å²) in [6, 6.07) is 7.69. The lowest BCUT2D eigenvalue weighted by Gasteiger charge is -2.33. The first-order valence-electron chi connectivity index (χ1n) is 9.56. The third-order valence-electron chi connectivity index (χ3n) is 6.23. The Morgan fingerprint density at radius 1 is 1.30 bits per heavy atom. The van der Waals surface area contributed by atoms with Gasteiger partial charge in [-0.05, 0) is 75.4 Å². The van der Waals surface area contributed by atoms with E-state index in [0.29, 0.717) is 18.0 Å². The smallest absolute Gasteiger partial charge is 0.240 e. The number of halogens is 2. The maximum Gasteiger partial charge on any atom is 0.240 e. The summed E-state index contributed by atoms with van der Waals surface area (Å²) in [5.74, 6) is 0.552. The maximum atomic E-state index is 13.4. The minimum Gasteiger partial charge on any atom is -0.508 e. The van der Waals surface area contributed by atoms with Crippen molar-refractivity contribution < 1.29 is 9.90 Å². The average molecular weight is 416 g/mol. The van der Waals surface area contributed by atoms with E-state index in [-0.39, 0.29) is 42.5 Å². The van der Waals surface area contributed by atoms with Gasteiger partial charge in [-0.25, -0.2) is 0 Å². The van der Waals surface area contributed by atoms with Gasteiger partial charge in [0.2, 0.25) is 5.91 Å². The zero-order chi connectivity index (χ0) is 17.4. The van der Waals surface area contributed by atoms with Crippen molar-refractivity contribution in [1.82, 2.24) is 15.1 Å². The Hall–Kier alpha value is -1.01. The van der Waals surface area contributed by atoms with Gasteiger partial charge in [-0.3, -0.25) is 9.69 Å². The van der Waals surface area contributed by atoms with E-state index in [9.17, 15) is 9.90 Å². The van der Waals surface area contributed by atoms with Gasteiger partial charge in [-0.2, -0.15) is 0 Å². The quantitative estimate of drug-likeness (QED) is 0.793. The van der Waals surface area contributed by atoms with Gasteiger partial charge in [0.25, 0.3) is 0 Å². The molecule has 2 saturated heterocycles. The van der Waals surface area contributed by atoms with Gasteiger partial charge < -0.3 is 15.3 Å². The fraction of sp³-hybridized carbons (Fsp3) is 0.650. The van der Waals surface area contributed by atoms with Crippen LogP contribution < -0.4 is 5.32 Å². The van der Waals surface area contributed by atoms with Crippen LogP contribution in [0.25, 0.3) is 0 Å². The molecule has 1 aromatic carbocycles. The highest BCUT2D eigenvalue weighted by atomic mass is 35.5. The second-order valence-electron chi connectivity index (χ2n) is 8.25. The molecule has 0 aromatic heterocycles. The highest BCUT2D eigenvalue weighted by molar-refractivity contribution is 5.85. The molecule has 7 heteroatoms. The van der Waals surface area contributed by atoms with Crippen molar-refractivity contribution in [1.29, 1.82) is 0 Å². The maximum absolute atomic E-state index is 13.4. The molecule has 4 rings (SSSR count). The number of piperidine rings is 1. The Balaban J connectivity index is 0.00000131. The summed E-state index contributed by atoms with van der Waals surface area (Å²) in [7, 11) is 2.11. The van der Waals surface area contributed by atoms with Crippen molar-refractivity contribution in [3.63, 3.8) is 0 Å². The van der Waals surface area contributed by atoms with Gasteiger partial charge in [0.1, 0.15) is 5.75 Å². The van der Waals surface area contributed by atoms with Crippen LogP contribution in [0.5, 0.6) is 5.75 Å². The molecule has 1 amide bonds. The summed E-state index contributed by atoms with van der Waals surface area (Å²) < 4.78 is 0. The van der Waals surface area contributed by atoms with Gasteiger partial charge in [-0.15, -0.1) is 24.8 Å². The van der Waals surface area contributed by atoms with E-state index in [1.165, 1.54) is 12.8 Å². The Bertz CT molecular complexity index is 648. The van der Waals surface area contributed by atoms with Crippen LogP contribution in [0.15, 0.2) is 24.3 Å². The van der Waals surface area contributed by atoms with Crippen molar-refractivity contribution in [2.75, 3.05) is 26.7 Å². The number of benzene rings is 1. The number of amides is 1. The number of phenols is 1. The second-order valence-corrected chi connectivity index (χ2v) is 8.25. The molecule has 27 heavy (non-hydrogen) atoms. The van der Waals surface area contributed by atoms with Gasteiger partial charge in [-0.1, -0.05) is 12.1 Å². The van der Waals surface area contributed by atoms with Crippen molar-refractivity contribution in [3.8, 4) is 5.75 Å². The van der Waals surface area contributed by atoms with Gasteiger partial charge in [0, 0.05) is 19.1 Å². The number of likely N-dealkylation sites (N-methyl/N-ethyl adjacent to an activating group) is 1. The summed E-state index contributed by atoms with van der Waals surface area (Å²) in [6.07, 6.45) is 5.56. The number of carbonyl (C=O) groups is 1. The fourth-order valence-corrected chi connectivity index (χ4v) is 4.68. The summed E-state index contributed by atoms with van der Waals surface area (Å²) in [4.78, 5) is 17.7. The first-order valence-corrected chi connectivity index (χ1v) is 9.56. The molecular weight excluding hydrogens is 385 g/mol. The molecule has 1 spiro atoms. The molecule has 3 aliphatic rings. The number of likely N-dealkylation sites (tertiary alicyclic amines) is 1. The van der Waals surface area contributed by atoms with E-state index in [0.717, 1.165) is 44.5 Å². The van der Waals surface area contributed by atoms with Crippen LogP contribution in [-0.4, -0.2) is 59.6 Å². The van der Waals surface area contributed by atoms with E-state index < -0.39 is 0 Å². The number of carbonyl (C=O) groups excluding carboxylic acids is 1. The topological polar surface area (TPSA) is 55.8 Å². The lowest BCUT2D eigenvalue weighted by atomic mass is 9.77. The first-order chi connectivity index (χ1) is 12.1. The predicted octanol–water partition coefficient (Wildman–Crippen LogP) is 2.80. The number of nitrogens with one attached hydrogen (secondary N) is 1. The molecule has 1 unspecified atom stereocenters. The van der Waals surface area contributed by atoms with E-state index >= 15 is 0 Å². The van der Waals surface area contributed by atoms with E-state index in [4.69, 9.17) is 0 Å². The van der Waals surface area contributed by atoms with Gasteiger partial charge in [0.15, 0.2) is 0 Å². The minimum absolute atomic E-state index is 0. The zero-order valence-electron chi connectivity index (χ0n) is 15.9. The number of aromatic hydroxyl groups is 1. The van der Waals surface area contributed by atoms with Crippen LogP contribution in [0.4, 0.5) is 0 Å². The number of phenolic OH excluding ortho intramolecular Hbond substituents is 1. The number of hydrogen-bond donors (Lipinski definition) is 2. The highest BCUT2D eigenvalue weighted by Crippen LogP contribution is 2.42. The third kappa shape index (κ3) is 4.89. The SMILES string of the molecule is CN1CC2(CCNCC2)CC1C(=O)N(Cc1cccc(O)c1)C1CC1.Cl.Cl. The highest BCUT2D eigenvalue weighted by Gasteiger charge is 2.48. The zero-order valence-corrected chi connectivity index (χ0v) is 17.5. The molecule has 1 aliphatic carbocycles. The van der Waals surface area contributed by atoms with Crippen LogP contribution in [0.2, 0.25) is 0 Å². The molecule has 5 nitrogen and oxygen atoms in total. The normalized spacial score (nSPS) is 24.1. The Labute approximate surface area is 174 Å². The van der Waals surface area contributed by atoms with Gasteiger partial charge >= 0.3 is 0 Å². The minimum atomic E-state index is 0. The average Bonchev–Trinajstić information content (AvgIpc) is 3.38. The molecular formula is C20H31Cl2N3O2. The van der Waals surface area contributed by atoms with Crippen LogP contribution in [-0.2, 0) is 11.3 Å². The summed E-state index contributed by atoms with van der Waals surface area (Å²) >= 11 is 0. The molecule has 1 aromatic rings. The Morgan fingerprint density at radius 2 is 2.00 bits per heavy atom. The van der Waals surface area contributed by atoms with Crippen molar-refractivity contribution >= 4 is 30.7 Å². The number of hydrogen-bond acceptors (Lipinski definition) is 4. The standard InChI is InChI=1S/C20H29N3O2.2ClH/c1-22-14-20(7-9-21-10-8-20)12-18(22)19(25)23(16-5-6-16)13-15-3-2-4-17(24)11-15;;/h2-4,11,16,18,21,24H,5-10,12-14H2,1H3;2*1H. The summed E-state index contributed by atoms with van der Waals surface area (Å²) in [6.45, 7) is 3.79. The molecule has 0 radical (unpaired) electrons. The largest absolute Gasteiger partial charge is 0.508 e. The predicted molar refractivity (Wildman–Crippen MR) is 112 cm³/mol. The summed E-state index contributed by atoms with van der Waals surface area (Å²) in [5.41, 5.74) is 1.33. The van der Waals surface area contributed by atoms with Crippen LogP contribution in [0.1, 0.15) is 37.7 Å². The fourth-order valence-electron chi connectivity index (χ4n) is 4.68. The van der Waals surface area contributed by atoms with Crippen LogP contribution >= 0.6 is 24.8 Å². The molecule has 1 atom stereocenters. The van der Waals surface area contributed by atoms with Gasteiger partial charge in [0.05, 0.1) is 6.04 Å². The molecule has 1 saturated carbocycles.